The van der Waals surface area contributed by atoms with Crippen molar-refractivity contribution in [2.24, 2.45) is 0 Å². The van der Waals surface area contributed by atoms with Crippen molar-refractivity contribution < 1.29 is 24.5 Å². The number of esters is 1. The van der Waals surface area contributed by atoms with Crippen LogP contribution in [-0.2, 0) is 14.3 Å². The predicted octanol–water partition coefficient (Wildman–Crippen LogP) is 20.0. The van der Waals surface area contributed by atoms with Gasteiger partial charge in [0.1, 0.15) is 0 Å². The van der Waals surface area contributed by atoms with Crippen molar-refractivity contribution in [2.45, 2.75) is 353 Å². The third-order valence-electron chi connectivity index (χ3n) is 14.6. The molecule has 0 rings (SSSR count). The zero-order valence-corrected chi connectivity index (χ0v) is 47.7. The molecule has 0 aliphatic carbocycles. The second-order valence-corrected chi connectivity index (χ2v) is 21.7. The molecule has 6 heteroatoms. The summed E-state index contributed by atoms with van der Waals surface area (Å²) >= 11 is 0. The van der Waals surface area contributed by atoms with Gasteiger partial charge in [-0.2, -0.15) is 0 Å². The number of ether oxygens (including phenoxy) is 1. The molecular weight excluding hydrogens is 875 g/mol. The van der Waals surface area contributed by atoms with Crippen molar-refractivity contribution in [1.29, 1.82) is 0 Å². The molecule has 0 saturated carbocycles. The van der Waals surface area contributed by atoms with Crippen LogP contribution in [0.4, 0.5) is 0 Å². The molecule has 3 N–H and O–H groups in total. The van der Waals surface area contributed by atoms with Crippen molar-refractivity contribution in [2.75, 3.05) is 13.2 Å². The first-order valence-corrected chi connectivity index (χ1v) is 31.8. The first-order valence-electron chi connectivity index (χ1n) is 31.8. The van der Waals surface area contributed by atoms with Gasteiger partial charge in [0.05, 0.1) is 25.4 Å². The number of hydrogen-bond acceptors (Lipinski definition) is 5. The van der Waals surface area contributed by atoms with Gasteiger partial charge in [-0.3, -0.25) is 9.59 Å². The van der Waals surface area contributed by atoms with E-state index in [1.165, 1.54) is 250 Å². The first kappa shape index (κ1) is 69.1. The summed E-state index contributed by atoms with van der Waals surface area (Å²) in [6, 6.07) is -0.641. The van der Waals surface area contributed by atoms with Crippen molar-refractivity contribution in [3.05, 3.63) is 36.5 Å². The summed E-state index contributed by atoms with van der Waals surface area (Å²) in [5, 5.41) is 23.2. The Kier molecular flexibility index (Phi) is 59.0. The summed E-state index contributed by atoms with van der Waals surface area (Å²) in [5.41, 5.74) is 0. The quantitative estimate of drug-likeness (QED) is 0.0321. The molecule has 2 atom stereocenters. The topological polar surface area (TPSA) is 95.9 Å². The fraction of sp³-hybridized carbons (Fsp3) is 0.877. The fourth-order valence-electron chi connectivity index (χ4n) is 9.74. The van der Waals surface area contributed by atoms with Crippen LogP contribution in [0.25, 0.3) is 0 Å². The van der Waals surface area contributed by atoms with Gasteiger partial charge in [0.15, 0.2) is 0 Å². The summed E-state index contributed by atoms with van der Waals surface area (Å²) in [5.74, 6) is -0.0868. The average Bonchev–Trinajstić information content (AvgIpc) is 3.37. The average molecular weight is 999 g/mol. The van der Waals surface area contributed by atoms with Gasteiger partial charge in [-0.05, 0) is 83.5 Å². The van der Waals surface area contributed by atoms with Crippen LogP contribution < -0.4 is 5.32 Å². The van der Waals surface area contributed by atoms with E-state index in [1.807, 2.05) is 6.08 Å². The van der Waals surface area contributed by atoms with Gasteiger partial charge in [0, 0.05) is 12.8 Å². The molecule has 0 fully saturated rings. The summed E-state index contributed by atoms with van der Waals surface area (Å²) in [7, 11) is 0. The van der Waals surface area contributed by atoms with E-state index in [-0.39, 0.29) is 18.5 Å². The predicted molar refractivity (Wildman–Crippen MR) is 310 cm³/mol. The van der Waals surface area contributed by atoms with Crippen LogP contribution in [0.5, 0.6) is 0 Å². The van der Waals surface area contributed by atoms with Gasteiger partial charge in [0.2, 0.25) is 5.91 Å². The Bertz CT molecular complexity index is 1150. The van der Waals surface area contributed by atoms with Gasteiger partial charge in [-0.25, -0.2) is 0 Å². The second-order valence-electron chi connectivity index (χ2n) is 21.7. The lowest BCUT2D eigenvalue weighted by atomic mass is 10.0. The molecular formula is C65H123NO5. The molecule has 0 bridgehead atoms. The second kappa shape index (κ2) is 60.6. The number of allylic oxidation sites excluding steroid dienone is 5. The van der Waals surface area contributed by atoms with Crippen molar-refractivity contribution in [3.8, 4) is 0 Å². The van der Waals surface area contributed by atoms with Crippen LogP contribution in [0.15, 0.2) is 36.5 Å². The van der Waals surface area contributed by atoms with Gasteiger partial charge in [-0.15, -0.1) is 0 Å². The molecule has 0 saturated heterocycles. The van der Waals surface area contributed by atoms with E-state index >= 15 is 0 Å². The highest BCUT2D eigenvalue weighted by Gasteiger charge is 2.18. The first-order chi connectivity index (χ1) is 35.0. The lowest BCUT2D eigenvalue weighted by Crippen LogP contribution is -2.45. The van der Waals surface area contributed by atoms with Crippen molar-refractivity contribution >= 4 is 11.9 Å². The lowest BCUT2D eigenvalue weighted by molar-refractivity contribution is -0.143. The van der Waals surface area contributed by atoms with E-state index in [0.717, 1.165) is 64.2 Å². The van der Waals surface area contributed by atoms with E-state index in [0.29, 0.717) is 19.4 Å². The van der Waals surface area contributed by atoms with Gasteiger partial charge >= 0.3 is 5.97 Å². The van der Waals surface area contributed by atoms with E-state index in [4.69, 9.17) is 4.74 Å². The van der Waals surface area contributed by atoms with Gasteiger partial charge in [-0.1, -0.05) is 281 Å². The molecule has 0 heterocycles. The Morgan fingerprint density at radius 2 is 0.662 bits per heavy atom. The van der Waals surface area contributed by atoms with Crippen LogP contribution in [0, 0.1) is 0 Å². The summed E-state index contributed by atoms with van der Waals surface area (Å²) < 4.78 is 5.49. The molecule has 0 radical (unpaired) electrons. The monoisotopic (exact) mass is 998 g/mol. The van der Waals surface area contributed by atoms with E-state index in [2.05, 4.69) is 43.5 Å². The molecule has 71 heavy (non-hydrogen) atoms. The summed E-state index contributed by atoms with van der Waals surface area (Å²) in [4.78, 5) is 24.6. The fourth-order valence-corrected chi connectivity index (χ4v) is 9.74. The normalized spacial score (nSPS) is 12.8. The zero-order chi connectivity index (χ0) is 51.4. The highest BCUT2D eigenvalue weighted by Crippen LogP contribution is 2.17. The van der Waals surface area contributed by atoms with Crippen molar-refractivity contribution in [1.82, 2.24) is 5.32 Å². The largest absolute Gasteiger partial charge is 0.466 e. The summed E-state index contributed by atoms with van der Waals surface area (Å²) in [6.45, 7) is 4.90. The number of amides is 1. The molecule has 6 nitrogen and oxygen atoms in total. The number of hydrogen-bond donors (Lipinski definition) is 3. The van der Waals surface area contributed by atoms with Crippen LogP contribution in [0.2, 0.25) is 0 Å². The van der Waals surface area contributed by atoms with E-state index in [1.54, 1.807) is 6.08 Å². The minimum absolute atomic E-state index is 0.00395. The number of aliphatic hydroxyl groups excluding tert-OH is 2. The van der Waals surface area contributed by atoms with E-state index < -0.39 is 12.1 Å². The Labute approximate surface area is 443 Å². The maximum absolute atomic E-state index is 12.5. The maximum atomic E-state index is 12.5. The molecule has 0 aromatic heterocycles. The summed E-state index contributed by atoms with van der Waals surface area (Å²) in [6.07, 6.45) is 76.1. The smallest absolute Gasteiger partial charge is 0.305 e. The third-order valence-corrected chi connectivity index (χ3v) is 14.6. The Hall–Kier alpha value is -1.92. The molecule has 0 spiro atoms. The maximum Gasteiger partial charge on any atom is 0.305 e. The number of nitrogens with one attached hydrogen (secondary N) is 1. The minimum atomic E-state index is -0.856. The third kappa shape index (κ3) is 57.2. The SMILES string of the molecule is CCCCCCCC/C=C\CCCCCCCCCCCC(=O)OCCCCCCCCC/C=C\CCCCCCCC(=O)NC(CO)C(O)/C=C/CCCCCCCCCCCCCCCCCCC. The zero-order valence-electron chi connectivity index (χ0n) is 47.7. The Balaban J connectivity index is 3.48. The van der Waals surface area contributed by atoms with Gasteiger partial charge in [0.25, 0.3) is 0 Å². The highest BCUT2D eigenvalue weighted by molar-refractivity contribution is 5.76. The molecule has 2 unspecified atom stereocenters. The molecule has 0 aliphatic rings. The molecule has 0 aromatic rings. The number of carbonyl (C=O) groups excluding carboxylic acids is 2. The Morgan fingerprint density at radius 1 is 0.380 bits per heavy atom. The van der Waals surface area contributed by atoms with Crippen LogP contribution >= 0.6 is 0 Å². The number of rotatable bonds is 59. The molecule has 0 aromatic carbocycles. The Morgan fingerprint density at radius 3 is 1.00 bits per heavy atom. The minimum Gasteiger partial charge on any atom is -0.466 e. The van der Waals surface area contributed by atoms with Crippen LogP contribution in [-0.4, -0.2) is 47.4 Å². The van der Waals surface area contributed by atoms with Crippen LogP contribution in [0.1, 0.15) is 341 Å². The lowest BCUT2D eigenvalue weighted by Gasteiger charge is -2.20. The molecule has 418 valence electrons. The highest BCUT2D eigenvalue weighted by atomic mass is 16.5. The van der Waals surface area contributed by atoms with E-state index in [9.17, 15) is 19.8 Å². The number of carbonyl (C=O) groups is 2. The van der Waals surface area contributed by atoms with Crippen LogP contribution in [0.3, 0.4) is 0 Å². The molecule has 0 aliphatic heterocycles. The molecule has 1 amide bonds. The number of aliphatic hydroxyl groups is 2. The standard InChI is InChI=1S/C65H123NO5/c1-3-5-7-9-11-13-15-17-19-21-23-25-29-33-37-41-45-49-53-57-63(68)62(61-67)66-64(69)58-54-50-46-42-38-34-30-27-28-32-36-40-44-48-52-56-60-71-65(70)59-55-51-47-43-39-35-31-26-24-22-20-18-16-14-12-10-8-6-4-2/h18,20,27,30,53,57,62-63,67-68H,3-17,19,21-26,28-29,31-52,54-56,58-61H2,1-2H3,(H,66,69)/b20-18-,30-27-,57-53+. The number of unbranched alkanes of at least 4 members (excludes halogenated alkanes) is 44. The van der Waals surface area contributed by atoms with Crippen molar-refractivity contribution in [3.63, 3.8) is 0 Å². The van der Waals surface area contributed by atoms with Gasteiger partial charge < -0.3 is 20.3 Å².